The molecule has 4 aliphatic rings. The average molecular weight is 473 g/mol. The molecule has 7 atom stereocenters. The second-order valence-corrected chi connectivity index (χ2v) is 11.1. The van der Waals surface area contributed by atoms with E-state index < -0.39 is 24.3 Å². The van der Waals surface area contributed by atoms with Gasteiger partial charge >= 0.3 is 10.8 Å². The van der Waals surface area contributed by atoms with Crippen molar-refractivity contribution in [2.75, 3.05) is 13.7 Å². The molecule has 6 rings (SSSR count). The number of rotatable bonds is 4. The van der Waals surface area contributed by atoms with E-state index >= 15 is 0 Å². The van der Waals surface area contributed by atoms with Crippen molar-refractivity contribution in [3.8, 4) is 5.75 Å². The van der Waals surface area contributed by atoms with Crippen LogP contribution >= 0.6 is 23.1 Å². The van der Waals surface area contributed by atoms with Gasteiger partial charge in [-0.3, -0.25) is 24.1 Å². The highest BCUT2D eigenvalue weighted by atomic mass is 32.2. The Bertz CT molecular complexity index is 1220. The first-order valence-electron chi connectivity index (χ1n) is 10.5. The minimum absolute atomic E-state index is 0.0241. The molecule has 2 bridgehead atoms. The number of carbonyl (C=O) groups excluding carboxylic acids is 2. The van der Waals surface area contributed by atoms with Gasteiger partial charge in [-0.1, -0.05) is 29.5 Å². The van der Waals surface area contributed by atoms with E-state index in [4.69, 9.17) is 4.74 Å². The van der Waals surface area contributed by atoms with E-state index in [9.17, 15) is 24.3 Å². The molecular weight excluding hydrogens is 452 g/mol. The first kappa shape index (κ1) is 20.0. The number of hydrogen-bond donors (Lipinski definition) is 2. The molecule has 2 saturated carbocycles. The number of fused-ring (bicyclic) bond motifs is 9. The number of carbonyl (C=O) groups is 3. The Balaban J connectivity index is 1.47. The Labute approximate surface area is 191 Å². The zero-order valence-corrected chi connectivity index (χ0v) is 18.7. The van der Waals surface area contributed by atoms with Gasteiger partial charge in [0.15, 0.2) is 0 Å². The molecule has 8 nitrogen and oxygen atoms in total. The summed E-state index contributed by atoms with van der Waals surface area (Å²) in [4.78, 5) is 54.5. The number of aliphatic carboxylic acids is 1. The van der Waals surface area contributed by atoms with Crippen LogP contribution in [0.3, 0.4) is 0 Å². The molecule has 2 aliphatic heterocycles. The zero-order chi connectivity index (χ0) is 22.3. The third-order valence-electron chi connectivity index (χ3n) is 7.58. The predicted octanol–water partition coefficient (Wildman–Crippen LogP) is 2.00. The van der Waals surface area contributed by atoms with Gasteiger partial charge in [0.25, 0.3) is 0 Å². The molecule has 32 heavy (non-hydrogen) atoms. The monoisotopic (exact) mass is 472 g/mol. The number of aromatic nitrogens is 1. The molecule has 1 aromatic heterocycles. The molecule has 3 fully saturated rings. The number of ether oxygens (including phenoxy) is 1. The van der Waals surface area contributed by atoms with Gasteiger partial charge < -0.3 is 14.8 Å². The van der Waals surface area contributed by atoms with Crippen LogP contribution in [0, 0.1) is 29.6 Å². The van der Waals surface area contributed by atoms with Crippen LogP contribution in [0.15, 0.2) is 34.1 Å². The number of methoxy groups -OCH3 is 1. The number of aromatic amines is 1. The van der Waals surface area contributed by atoms with Crippen LogP contribution in [0.1, 0.15) is 22.8 Å². The molecule has 3 heterocycles. The van der Waals surface area contributed by atoms with Crippen LogP contribution in [0.5, 0.6) is 5.75 Å². The molecule has 0 spiro atoms. The normalized spacial score (nSPS) is 34.4. The Morgan fingerprint density at radius 2 is 1.91 bits per heavy atom. The van der Waals surface area contributed by atoms with Gasteiger partial charge in [-0.15, -0.1) is 11.8 Å². The van der Waals surface area contributed by atoms with Gasteiger partial charge in [0, 0.05) is 21.6 Å². The van der Waals surface area contributed by atoms with Gasteiger partial charge in [-0.25, -0.2) is 0 Å². The van der Waals surface area contributed by atoms with Crippen LogP contribution in [0.4, 0.5) is 0 Å². The van der Waals surface area contributed by atoms with Crippen molar-refractivity contribution in [2.24, 2.45) is 29.6 Å². The van der Waals surface area contributed by atoms with E-state index in [2.05, 4.69) is 4.98 Å². The van der Waals surface area contributed by atoms with E-state index in [1.807, 2.05) is 24.3 Å². The highest BCUT2D eigenvalue weighted by Crippen LogP contribution is 2.68. The van der Waals surface area contributed by atoms with Gasteiger partial charge in [-0.05, 0) is 30.2 Å². The Morgan fingerprint density at radius 1 is 1.19 bits per heavy atom. The van der Waals surface area contributed by atoms with E-state index in [-0.39, 0.29) is 45.6 Å². The Kier molecular flexibility index (Phi) is 4.36. The first-order valence-corrected chi connectivity index (χ1v) is 12.2. The summed E-state index contributed by atoms with van der Waals surface area (Å²) >= 11 is 2.80. The summed E-state index contributed by atoms with van der Waals surface area (Å²) in [6.07, 6.45) is 0.765. The lowest BCUT2D eigenvalue weighted by atomic mass is 9.68. The summed E-state index contributed by atoms with van der Waals surface area (Å²) in [5.74, 6) is -2.24. The quantitative estimate of drug-likeness (QED) is 0.654. The fraction of sp³-hybridized carbons (Fsp3) is 0.455. The van der Waals surface area contributed by atoms with Crippen molar-refractivity contribution in [1.29, 1.82) is 0 Å². The smallest absolute Gasteiger partial charge is 0.323 e. The van der Waals surface area contributed by atoms with Crippen molar-refractivity contribution >= 4 is 40.9 Å². The van der Waals surface area contributed by atoms with Crippen molar-refractivity contribution in [2.45, 2.75) is 22.6 Å². The number of carboxylic acid groups (broad SMARTS) is 1. The SMILES string of the molecule is COc1ccccc1[C@@H]1c2sc(=O)[nH]c2S[C@@H]2[C@H]3C[C@@H]([C@@H]4C(=O)N(CC(=O)O)C(=O)[C@H]34)[C@H]12. The summed E-state index contributed by atoms with van der Waals surface area (Å²) in [6.45, 7) is -0.580. The number of thioether (sulfide) groups is 1. The number of benzene rings is 1. The Hall–Kier alpha value is -2.59. The van der Waals surface area contributed by atoms with Crippen LogP contribution in [0.25, 0.3) is 0 Å². The van der Waals surface area contributed by atoms with Crippen molar-refractivity contribution in [3.63, 3.8) is 0 Å². The zero-order valence-electron chi connectivity index (χ0n) is 17.0. The highest BCUT2D eigenvalue weighted by Gasteiger charge is 2.69. The van der Waals surface area contributed by atoms with E-state index in [0.29, 0.717) is 0 Å². The number of thiazole rings is 1. The largest absolute Gasteiger partial charge is 0.496 e. The molecule has 2 aliphatic carbocycles. The third kappa shape index (κ3) is 2.56. The molecule has 2 amide bonds. The summed E-state index contributed by atoms with van der Waals surface area (Å²) in [7, 11) is 1.62. The standard InChI is InChI=1S/C22H20N2O6S2/c1-30-11-5-3-2-4-8(11)13-14-9-6-10(17(14)31-19-18(13)32-22(29)23-19)16-15(9)20(27)24(21(16)28)7-12(25)26/h2-5,9-10,13-17H,6-7H2,1H3,(H,23,29)(H,25,26)/t9-,10+,13+,14-,15+,16-,17-/m1/s1. The number of amides is 2. The number of para-hydroxylation sites is 1. The maximum atomic E-state index is 13.2. The lowest BCUT2D eigenvalue weighted by Crippen LogP contribution is -2.42. The summed E-state index contributed by atoms with van der Waals surface area (Å²) in [5, 5.41) is 10.1. The summed E-state index contributed by atoms with van der Waals surface area (Å²) in [6, 6.07) is 7.75. The summed E-state index contributed by atoms with van der Waals surface area (Å²) in [5.41, 5.74) is 0.977. The van der Waals surface area contributed by atoms with Crippen molar-refractivity contribution < 1.29 is 24.2 Å². The number of H-pyrrole nitrogens is 1. The summed E-state index contributed by atoms with van der Waals surface area (Å²) < 4.78 is 5.65. The topological polar surface area (TPSA) is 117 Å². The minimum atomic E-state index is -1.18. The predicted molar refractivity (Wildman–Crippen MR) is 116 cm³/mol. The molecule has 10 heteroatoms. The fourth-order valence-corrected chi connectivity index (χ4v) is 9.52. The van der Waals surface area contributed by atoms with Crippen LogP contribution in [-0.4, -0.2) is 51.7 Å². The second-order valence-electron chi connectivity index (χ2n) is 8.86. The molecular formula is C22H20N2O6S2. The number of likely N-dealkylation sites (tertiary alicyclic amines) is 1. The lowest BCUT2D eigenvalue weighted by molar-refractivity contribution is -0.149. The van der Waals surface area contributed by atoms with E-state index in [1.165, 1.54) is 11.3 Å². The van der Waals surface area contributed by atoms with Gasteiger partial charge in [0.1, 0.15) is 12.3 Å². The molecule has 166 valence electrons. The first-order chi connectivity index (χ1) is 15.4. The van der Waals surface area contributed by atoms with Crippen molar-refractivity contribution in [3.05, 3.63) is 44.4 Å². The van der Waals surface area contributed by atoms with Crippen molar-refractivity contribution in [1.82, 2.24) is 9.88 Å². The fourth-order valence-electron chi connectivity index (χ4n) is 6.64. The Morgan fingerprint density at radius 3 is 2.62 bits per heavy atom. The minimum Gasteiger partial charge on any atom is -0.496 e. The molecule has 2 N–H and O–H groups in total. The molecule has 1 saturated heterocycles. The highest BCUT2D eigenvalue weighted by molar-refractivity contribution is 8.00. The van der Waals surface area contributed by atoms with E-state index in [0.717, 1.165) is 32.5 Å². The van der Waals surface area contributed by atoms with E-state index in [1.54, 1.807) is 18.9 Å². The number of imide groups is 1. The van der Waals surface area contributed by atoms with Crippen LogP contribution in [-0.2, 0) is 14.4 Å². The molecule has 2 aromatic rings. The van der Waals surface area contributed by atoms with Gasteiger partial charge in [0.05, 0.1) is 24.0 Å². The van der Waals surface area contributed by atoms with Gasteiger partial charge in [0.2, 0.25) is 11.8 Å². The lowest BCUT2D eigenvalue weighted by Gasteiger charge is -2.43. The van der Waals surface area contributed by atoms with Gasteiger partial charge in [-0.2, -0.15) is 0 Å². The number of hydrogen-bond acceptors (Lipinski definition) is 7. The van der Waals surface area contributed by atoms with Crippen LogP contribution < -0.4 is 9.61 Å². The maximum Gasteiger partial charge on any atom is 0.323 e. The molecule has 0 radical (unpaired) electrons. The number of carboxylic acids is 1. The third-order valence-corrected chi connectivity index (χ3v) is 10.2. The maximum absolute atomic E-state index is 13.2. The second kappa shape index (κ2) is 6.95. The number of nitrogens with zero attached hydrogens (tertiary/aromatic N) is 1. The number of nitrogens with one attached hydrogen (secondary N) is 1. The molecule has 0 unspecified atom stereocenters. The molecule has 1 aromatic carbocycles. The average Bonchev–Trinajstić information content (AvgIpc) is 3.49. The van der Waals surface area contributed by atoms with Crippen LogP contribution in [0.2, 0.25) is 0 Å².